The Morgan fingerprint density at radius 2 is 1.14 bits per heavy atom. The minimum atomic E-state index is -0.397. The van der Waals surface area contributed by atoms with Crippen LogP contribution in [0.5, 0.6) is 0 Å². The lowest BCUT2D eigenvalue weighted by atomic mass is 9.98. The van der Waals surface area contributed by atoms with Crippen molar-refractivity contribution in [3.05, 3.63) is 95.6 Å². The zero-order valence-corrected chi connectivity index (χ0v) is 19.9. The zero-order valence-electron chi connectivity index (χ0n) is 19.9. The third kappa shape index (κ3) is 6.85. The summed E-state index contributed by atoms with van der Waals surface area (Å²) in [7, 11) is 0. The second-order valence-corrected chi connectivity index (χ2v) is 8.66. The maximum absolute atomic E-state index is 12.2. The van der Waals surface area contributed by atoms with Crippen molar-refractivity contribution in [2.24, 2.45) is 0 Å². The molecule has 182 valence electrons. The van der Waals surface area contributed by atoms with Crippen molar-refractivity contribution in [2.75, 3.05) is 19.7 Å². The minimum absolute atomic E-state index is 0.0695. The van der Waals surface area contributed by atoms with Gasteiger partial charge in [0.05, 0.1) is 0 Å². The van der Waals surface area contributed by atoms with E-state index >= 15 is 0 Å². The lowest BCUT2D eigenvalue weighted by Gasteiger charge is -2.14. The number of amides is 2. The molecular formula is C29H32N2O4. The summed E-state index contributed by atoms with van der Waals surface area (Å²) in [5.41, 5.74) is 5.82. The van der Waals surface area contributed by atoms with Crippen LogP contribution in [-0.4, -0.2) is 31.9 Å². The summed E-state index contributed by atoms with van der Waals surface area (Å²) in [6, 6.07) is 26.2. The van der Waals surface area contributed by atoms with Crippen LogP contribution in [0.1, 0.15) is 48.3 Å². The number of hydrogen-bond acceptors (Lipinski definition) is 4. The number of fused-ring (bicyclic) bond motifs is 3. The standard InChI is InChI=1S/C29H32N2O4/c32-28(34-20-22-12-4-3-5-13-22)30-18-10-1-2-11-19-31-29(33)35-21-27-25-16-8-6-14-23(25)24-15-7-9-17-26(24)27/h3-9,12-17,27H,1-2,10-11,18-21H2,(H,30,32)(H,31,33). The Morgan fingerprint density at radius 1 is 0.629 bits per heavy atom. The molecule has 0 saturated carbocycles. The van der Waals surface area contributed by atoms with Gasteiger partial charge in [-0.2, -0.15) is 0 Å². The Hall–Kier alpha value is -3.80. The molecule has 4 rings (SSSR count). The van der Waals surface area contributed by atoms with Crippen LogP contribution in [0.25, 0.3) is 11.1 Å². The number of alkyl carbamates (subject to hydrolysis) is 2. The van der Waals surface area contributed by atoms with Crippen LogP contribution in [-0.2, 0) is 16.1 Å². The van der Waals surface area contributed by atoms with Crippen LogP contribution >= 0.6 is 0 Å². The van der Waals surface area contributed by atoms with Crippen LogP contribution in [0.3, 0.4) is 0 Å². The first-order valence-corrected chi connectivity index (χ1v) is 12.3. The number of ether oxygens (including phenoxy) is 2. The molecule has 6 nitrogen and oxygen atoms in total. The van der Waals surface area contributed by atoms with Crippen LogP contribution in [0.2, 0.25) is 0 Å². The molecule has 0 heterocycles. The van der Waals surface area contributed by atoms with E-state index in [1.54, 1.807) is 0 Å². The van der Waals surface area contributed by atoms with Gasteiger partial charge in [0.2, 0.25) is 0 Å². The molecule has 0 atom stereocenters. The Balaban J connectivity index is 1.05. The fourth-order valence-electron chi connectivity index (χ4n) is 4.41. The highest BCUT2D eigenvalue weighted by molar-refractivity contribution is 5.79. The van der Waals surface area contributed by atoms with Crippen molar-refractivity contribution in [1.82, 2.24) is 10.6 Å². The highest BCUT2D eigenvalue weighted by Crippen LogP contribution is 2.44. The topological polar surface area (TPSA) is 76.7 Å². The van der Waals surface area contributed by atoms with Crippen molar-refractivity contribution < 1.29 is 19.1 Å². The molecular weight excluding hydrogens is 440 g/mol. The molecule has 2 N–H and O–H groups in total. The van der Waals surface area contributed by atoms with Gasteiger partial charge in [-0.1, -0.05) is 91.7 Å². The zero-order chi connectivity index (χ0) is 24.3. The van der Waals surface area contributed by atoms with Gasteiger partial charge in [-0.25, -0.2) is 9.59 Å². The first-order valence-electron chi connectivity index (χ1n) is 12.3. The number of unbranched alkanes of at least 4 members (excludes halogenated alkanes) is 3. The molecule has 0 spiro atoms. The first-order chi connectivity index (χ1) is 17.2. The largest absolute Gasteiger partial charge is 0.449 e. The summed E-state index contributed by atoms with van der Waals surface area (Å²) in [6.45, 7) is 1.75. The fraction of sp³-hybridized carbons (Fsp3) is 0.310. The van der Waals surface area contributed by atoms with Gasteiger partial charge < -0.3 is 20.1 Å². The maximum atomic E-state index is 12.2. The van der Waals surface area contributed by atoms with Gasteiger partial charge in [0, 0.05) is 19.0 Å². The van der Waals surface area contributed by atoms with Gasteiger partial charge in [-0.3, -0.25) is 0 Å². The van der Waals surface area contributed by atoms with Gasteiger partial charge in [-0.15, -0.1) is 0 Å². The molecule has 0 aliphatic heterocycles. The number of rotatable bonds is 11. The molecule has 1 aliphatic rings. The molecule has 3 aromatic carbocycles. The highest BCUT2D eigenvalue weighted by Gasteiger charge is 2.28. The molecule has 0 bridgehead atoms. The average molecular weight is 473 g/mol. The van der Waals surface area contributed by atoms with Crippen LogP contribution < -0.4 is 10.6 Å². The van der Waals surface area contributed by atoms with Crippen molar-refractivity contribution >= 4 is 12.2 Å². The minimum Gasteiger partial charge on any atom is -0.449 e. The third-order valence-electron chi connectivity index (χ3n) is 6.20. The van der Waals surface area contributed by atoms with Gasteiger partial charge in [0.15, 0.2) is 0 Å². The quantitative estimate of drug-likeness (QED) is 0.335. The van der Waals surface area contributed by atoms with Crippen molar-refractivity contribution in [3.63, 3.8) is 0 Å². The molecule has 0 radical (unpaired) electrons. The van der Waals surface area contributed by atoms with Gasteiger partial charge >= 0.3 is 12.2 Å². The molecule has 6 heteroatoms. The van der Waals surface area contributed by atoms with E-state index in [0.29, 0.717) is 19.7 Å². The summed E-state index contributed by atoms with van der Waals surface area (Å²) in [4.78, 5) is 23.9. The smallest absolute Gasteiger partial charge is 0.407 e. The molecule has 0 saturated heterocycles. The van der Waals surface area contributed by atoms with E-state index in [1.165, 1.54) is 22.3 Å². The van der Waals surface area contributed by atoms with Crippen molar-refractivity contribution in [1.29, 1.82) is 0 Å². The van der Waals surface area contributed by atoms with Crippen molar-refractivity contribution in [3.8, 4) is 11.1 Å². The van der Waals surface area contributed by atoms with E-state index < -0.39 is 6.09 Å². The first kappa shape index (κ1) is 24.3. The number of benzene rings is 3. The van der Waals surface area contributed by atoms with E-state index in [-0.39, 0.29) is 18.6 Å². The number of carbonyl (C=O) groups excluding carboxylic acids is 2. The average Bonchev–Trinajstić information content (AvgIpc) is 3.22. The van der Waals surface area contributed by atoms with Crippen molar-refractivity contribution in [2.45, 2.75) is 38.2 Å². The molecule has 3 aromatic rings. The second-order valence-electron chi connectivity index (χ2n) is 8.66. The molecule has 0 aromatic heterocycles. The molecule has 35 heavy (non-hydrogen) atoms. The van der Waals surface area contributed by atoms with E-state index in [1.807, 2.05) is 54.6 Å². The molecule has 0 unspecified atom stereocenters. The maximum Gasteiger partial charge on any atom is 0.407 e. The Labute approximate surface area is 206 Å². The van der Waals surface area contributed by atoms with Gasteiger partial charge in [0.1, 0.15) is 13.2 Å². The summed E-state index contributed by atoms with van der Waals surface area (Å²) >= 11 is 0. The van der Waals surface area contributed by atoms with Crippen LogP contribution in [0.15, 0.2) is 78.9 Å². The van der Waals surface area contributed by atoms with E-state index in [0.717, 1.165) is 31.2 Å². The van der Waals surface area contributed by atoms with E-state index in [4.69, 9.17) is 9.47 Å². The normalized spacial score (nSPS) is 11.9. The Bertz CT molecular complexity index is 1070. The monoisotopic (exact) mass is 472 g/mol. The fourth-order valence-corrected chi connectivity index (χ4v) is 4.41. The Morgan fingerprint density at radius 3 is 1.74 bits per heavy atom. The van der Waals surface area contributed by atoms with E-state index in [2.05, 4.69) is 34.9 Å². The number of carbonyl (C=O) groups is 2. The third-order valence-corrected chi connectivity index (χ3v) is 6.20. The van der Waals surface area contributed by atoms with E-state index in [9.17, 15) is 9.59 Å². The summed E-state index contributed by atoms with van der Waals surface area (Å²) in [6.07, 6.45) is 2.88. The van der Waals surface area contributed by atoms with Crippen LogP contribution in [0, 0.1) is 0 Å². The highest BCUT2D eigenvalue weighted by atomic mass is 16.6. The van der Waals surface area contributed by atoms with Gasteiger partial charge in [-0.05, 0) is 40.7 Å². The number of hydrogen-bond donors (Lipinski definition) is 2. The Kier molecular flexibility index (Phi) is 8.76. The van der Waals surface area contributed by atoms with Crippen LogP contribution in [0.4, 0.5) is 9.59 Å². The predicted molar refractivity (Wildman–Crippen MR) is 136 cm³/mol. The summed E-state index contributed by atoms with van der Waals surface area (Å²) in [5.74, 6) is 0.0695. The molecule has 2 amide bonds. The lowest BCUT2D eigenvalue weighted by Crippen LogP contribution is -2.27. The SMILES string of the molecule is O=C(NCCCCCCNC(=O)OCC1c2ccccc2-c2ccccc21)OCc1ccccc1. The van der Waals surface area contributed by atoms with Gasteiger partial charge in [0.25, 0.3) is 0 Å². The summed E-state index contributed by atoms with van der Waals surface area (Å²) < 4.78 is 10.7. The molecule has 1 aliphatic carbocycles. The number of nitrogens with one attached hydrogen (secondary N) is 2. The summed E-state index contributed by atoms with van der Waals surface area (Å²) in [5, 5.41) is 5.61. The second kappa shape index (κ2) is 12.6. The lowest BCUT2D eigenvalue weighted by molar-refractivity contribution is 0.139. The molecule has 0 fully saturated rings. The predicted octanol–water partition coefficient (Wildman–Crippen LogP) is 6.01.